The molecule has 1 saturated carbocycles. The molecule has 3 rings (SSSR count). The van der Waals surface area contributed by atoms with Gasteiger partial charge in [0.15, 0.2) is 0 Å². The molecule has 0 bridgehead atoms. The fourth-order valence-electron chi connectivity index (χ4n) is 3.53. The Kier molecular flexibility index (Phi) is 5.28. The summed E-state index contributed by atoms with van der Waals surface area (Å²) in [5.74, 6) is -1.05. The van der Waals surface area contributed by atoms with Gasteiger partial charge in [-0.05, 0) is 48.7 Å². The van der Waals surface area contributed by atoms with Crippen LogP contribution >= 0.6 is 11.6 Å². The van der Waals surface area contributed by atoms with Gasteiger partial charge in [-0.3, -0.25) is 9.59 Å². The molecule has 1 aliphatic carbocycles. The van der Waals surface area contributed by atoms with Crippen molar-refractivity contribution in [2.75, 3.05) is 10.6 Å². The van der Waals surface area contributed by atoms with Crippen molar-refractivity contribution in [1.82, 2.24) is 0 Å². The molecule has 0 atom stereocenters. The molecule has 6 heteroatoms. The summed E-state index contributed by atoms with van der Waals surface area (Å²) < 4.78 is 13.8. The smallest absolute Gasteiger partial charge is 0.235 e. The van der Waals surface area contributed by atoms with E-state index in [1.807, 2.05) is 12.1 Å². The largest absolute Gasteiger partial charge is 0.325 e. The maximum absolute atomic E-state index is 13.8. The van der Waals surface area contributed by atoms with Crippen LogP contribution in [0.5, 0.6) is 0 Å². The van der Waals surface area contributed by atoms with Crippen LogP contribution in [0.1, 0.15) is 38.2 Å². The molecule has 0 aromatic heterocycles. The van der Waals surface area contributed by atoms with Crippen molar-refractivity contribution in [3.05, 3.63) is 58.9 Å². The second kappa shape index (κ2) is 7.46. The molecule has 136 valence electrons. The van der Waals surface area contributed by atoms with Crippen molar-refractivity contribution < 1.29 is 14.0 Å². The lowest BCUT2D eigenvalue weighted by Crippen LogP contribution is -2.38. The second-order valence-electron chi connectivity index (χ2n) is 6.63. The van der Waals surface area contributed by atoms with E-state index in [9.17, 15) is 14.0 Å². The highest BCUT2D eigenvalue weighted by molar-refractivity contribution is 6.30. The van der Waals surface area contributed by atoms with Crippen LogP contribution in [0.25, 0.3) is 0 Å². The number of hydrogen-bond acceptors (Lipinski definition) is 2. The zero-order valence-electron chi connectivity index (χ0n) is 14.4. The van der Waals surface area contributed by atoms with E-state index in [0.29, 0.717) is 10.7 Å². The molecule has 4 nitrogen and oxygen atoms in total. The molecule has 26 heavy (non-hydrogen) atoms. The quantitative estimate of drug-likeness (QED) is 0.800. The maximum Gasteiger partial charge on any atom is 0.235 e. The number of amides is 2. The number of hydrogen-bond donors (Lipinski definition) is 2. The molecule has 2 amide bonds. The van der Waals surface area contributed by atoms with Gasteiger partial charge in [-0.2, -0.15) is 0 Å². The average molecular weight is 375 g/mol. The van der Waals surface area contributed by atoms with Gasteiger partial charge < -0.3 is 10.6 Å². The van der Waals surface area contributed by atoms with Crippen molar-refractivity contribution in [1.29, 1.82) is 0 Å². The number of nitrogens with one attached hydrogen (secondary N) is 2. The van der Waals surface area contributed by atoms with Crippen LogP contribution in [0.2, 0.25) is 5.02 Å². The van der Waals surface area contributed by atoms with Gasteiger partial charge in [-0.25, -0.2) is 4.39 Å². The maximum atomic E-state index is 13.8. The van der Waals surface area contributed by atoms with Gasteiger partial charge in [-0.15, -0.1) is 0 Å². The highest BCUT2D eigenvalue weighted by atomic mass is 35.5. The minimum atomic E-state index is -0.618. The topological polar surface area (TPSA) is 58.2 Å². The number of anilines is 2. The Morgan fingerprint density at radius 1 is 1.04 bits per heavy atom. The van der Waals surface area contributed by atoms with E-state index in [1.54, 1.807) is 12.1 Å². The van der Waals surface area contributed by atoms with Crippen LogP contribution in [0.15, 0.2) is 42.5 Å². The molecular weight excluding hydrogens is 355 g/mol. The van der Waals surface area contributed by atoms with Crippen LogP contribution in [0.3, 0.4) is 0 Å². The normalized spacial score (nSPS) is 15.5. The molecule has 2 aromatic rings. The molecule has 0 spiro atoms. The Morgan fingerprint density at radius 3 is 2.31 bits per heavy atom. The monoisotopic (exact) mass is 374 g/mol. The van der Waals surface area contributed by atoms with Crippen molar-refractivity contribution in [3.8, 4) is 0 Å². The molecule has 0 aliphatic heterocycles. The van der Waals surface area contributed by atoms with Gasteiger partial charge in [0.1, 0.15) is 5.82 Å². The fraction of sp³-hybridized carbons (Fsp3) is 0.300. The van der Waals surface area contributed by atoms with E-state index in [4.69, 9.17) is 11.6 Å². The summed E-state index contributed by atoms with van der Waals surface area (Å²) in [6, 6.07) is 11.5. The van der Waals surface area contributed by atoms with Crippen LogP contribution in [0, 0.1) is 5.82 Å². The fourth-order valence-corrected chi connectivity index (χ4v) is 3.66. The predicted octanol–water partition coefficient (Wildman–Crippen LogP) is 4.89. The van der Waals surface area contributed by atoms with Crippen LogP contribution < -0.4 is 10.6 Å². The van der Waals surface area contributed by atoms with Crippen LogP contribution in [-0.2, 0) is 15.0 Å². The van der Waals surface area contributed by atoms with Gasteiger partial charge in [0.05, 0.1) is 11.1 Å². The number of halogens is 2. The standard InChI is InChI=1S/C20H20ClFN2O2/c1-13(25)23-18-12-16(8-9-17(18)22)24-19(26)20(10-2-3-11-20)14-4-6-15(21)7-5-14/h4-9,12H,2-3,10-11H2,1H3,(H,23,25)(H,24,26). The first-order valence-electron chi connectivity index (χ1n) is 8.55. The van der Waals surface area contributed by atoms with Gasteiger partial charge >= 0.3 is 0 Å². The third-order valence-corrected chi connectivity index (χ3v) is 5.08. The minimum absolute atomic E-state index is 0.0438. The highest BCUT2D eigenvalue weighted by Gasteiger charge is 2.42. The SMILES string of the molecule is CC(=O)Nc1cc(NC(=O)C2(c3ccc(Cl)cc3)CCCC2)ccc1F. The summed E-state index contributed by atoms with van der Waals surface area (Å²) >= 11 is 5.98. The summed E-state index contributed by atoms with van der Waals surface area (Å²) in [6.07, 6.45) is 3.44. The van der Waals surface area contributed by atoms with Crippen molar-refractivity contribution in [2.45, 2.75) is 38.0 Å². The third-order valence-electron chi connectivity index (χ3n) is 4.82. The summed E-state index contributed by atoms with van der Waals surface area (Å²) in [5.41, 5.74) is 0.802. The summed E-state index contributed by atoms with van der Waals surface area (Å²) in [7, 11) is 0. The van der Waals surface area contributed by atoms with E-state index in [1.165, 1.54) is 25.1 Å². The summed E-state index contributed by atoms with van der Waals surface area (Å²) in [4.78, 5) is 24.3. The Balaban J connectivity index is 1.87. The first-order valence-corrected chi connectivity index (χ1v) is 8.93. The molecule has 0 heterocycles. The second-order valence-corrected chi connectivity index (χ2v) is 7.06. The van der Waals surface area contributed by atoms with Gasteiger partial charge in [0, 0.05) is 17.6 Å². The lowest BCUT2D eigenvalue weighted by Gasteiger charge is -2.28. The van der Waals surface area contributed by atoms with E-state index in [-0.39, 0.29) is 17.5 Å². The molecule has 2 N–H and O–H groups in total. The van der Waals surface area contributed by atoms with Gasteiger partial charge in [0.2, 0.25) is 11.8 Å². The molecule has 0 unspecified atom stereocenters. The average Bonchev–Trinajstić information content (AvgIpc) is 3.09. The first-order chi connectivity index (χ1) is 12.4. The Bertz CT molecular complexity index is 830. The van der Waals surface area contributed by atoms with E-state index in [2.05, 4.69) is 10.6 Å². The van der Waals surface area contributed by atoms with Gasteiger partial charge in [-0.1, -0.05) is 36.6 Å². The zero-order chi connectivity index (χ0) is 18.7. The minimum Gasteiger partial charge on any atom is -0.325 e. The van der Waals surface area contributed by atoms with E-state index in [0.717, 1.165) is 31.2 Å². The lowest BCUT2D eigenvalue weighted by molar-refractivity contribution is -0.121. The molecule has 0 saturated heterocycles. The Morgan fingerprint density at radius 2 is 1.69 bits per heavy atom. The summed E-state index contributed by atoms with van der Waals surface area (Å²) in [5, 5.41) is 5.94. The molecule has 0 radical (unpaired) electrons. The van der Waals surface area contributed by atoms with Crippen LogP contribution in [-0.4, -0.2) is 11.8 Å². The first kappa shape index (κ1) is 18.4. The predicted molar refractivity (Wildman–Crippen MR) is 101 cm³/mol. The lowest BCUT2D eigenvalue weighted by atomic mass is 9.78. The molecule has 2 aromatic carbocycles. The van der Waals surface area contributed by atoms with Crippen LogP contribution in [0.4, 0.5) is 15.8 Å². The van der Waals surface area contributed by atoms with Gasteiger partial charge in [0.25, 0.3) is 0 Å². The Hall–Kier alpha value is -2.40. The number of carbonyl (C=O) groups is 2. The molecule has 1 fully saturated rings. The van der Waals surface area contributed by atoms with Crippen molar-refractivity contribution >= 4 is 34.8 Å². The number of benzene rings is 2. The summed E-state index contributed by atoms with van der Waals surface area (Å²) in [6.45, 7) is 1.30. The number of rotatable bonds is 4. The third kappa shape index (κ3) is 3.73. The van der Waals surface area contributed by atoms with Crippen molar-refractivity contribution in [2.24, 2.45) is 0 Å². The van der Waals surface area contributed by atoms with E-state index < -0.39 is 11.2 Å². The molecular formula is C20H20ClFN2O2. The molecule has 1 aliphatic rings. The zero-order valence-corrected chi connectivity index (χ0v) is 15.2. The highest BCUT2D eigenvalue weighted by Crippen LogP contribution is 2.42. The number of carbonyl (C=O) groups excluding carboxylic acids is 2. The Labute approximate surface area is 156 Å². The van der Waals surface area contributed by atoms with Crippen molar-refractivity contribution in [3.63, 3.8) is 0 Å². The van der Waals surface area contributed by atoms with E-state index >= 15 is 0 Å².